The summed E-state index contributed by atoms with van der Waals surface area (Å²) in [6, 6.07) is 12.3. The van der Waals surface area contributed by atoms with Crippen LogP contribution in [-0.4, -0.2) is 29.8 Å². The molecule has 1 saturated heterocycles. The predicted octanol–water partition coefficient (Wildman–Crippen LogP) is 3.28. The second kappa shape index (κ2) is 7.32. The molecule has 0 amide bonds. The van der Waals surface area contributed by atoms with Gasteiger partial charge >= 0.3 is 0 Å². The number of hydrogen-bond donors (Lipinski definition) is 0. The van der Waals surface area contributed by atoms with Crippen LogP contribution in [-0.2, 0) is 4.79 Å². The zero-order valence-corrected chi connectivity index (χ0v) is 11.1. The smallest absolute Gasteiger partial charge is 0.149 e. The first kappa shape index (κ1) is 13.3. The maximum Gasteiger partial charge on any atom is 0.149 e. The lowest BCUT2D eigenvalue weighted by atomic mass is 9.93. The maximum absolute atomic E-state index is 11.5. The van der Waals surface area contributed by atoms with Crippen molar-refractivity contribution in [2.45, 2.75) is 44.6 Å². The van der Waals surface area contributed by atoms with Crippen LogP contribution in [0, 0.1) is 0 Å². The van der Waals surface area contributed by atoms with Gasteiger partial charge in [-0.25, -0.2) is 0 Å². The van der Waals surface area contributed by atoms with Crippen molar-refractivity contribution in [1.82, 2.24) is 4.90 Å². The molecule has 98 valence electrons. The molecule has 1 saturated carbocycles. The SMILES string of the molecule is O=C1CCCC[C@@H]1N1CCCC1.c1ccccc1. The summed E-state index contributed by atoms with van der Waals surface area (Å²) in [5.41, 5.74) is 0. The molecule has 2 aliphatic rings. The van der Waals surface area contributed by atoms with Crippen LogP contribution in [0.25, 0.3) is 0 Å². The van der Waals surface area contributed by atoms with Crippen LogP contribution in [0.3, 0.4) is 0 Å². The summed E-state index contributed by atoms with van der Waals surface area (Å²) in [7, 11) is 0. The second-order valence-electron chi connectivity index (χ2n) is 5.13. The van der Waals surface area contributed by atoms with Gasteiger partial charge in [0.25, 0.3) is 0 Å². The molecule has 1 aliphatic heterocycles. The standard InChI is InChI=1S/C10H17NO.C6H6/c12-10-6-2-1-5-9(10)11-7-3-4-8-11;1-2-4-6-5-3-1/h9H,1-8H2;1-6H/t9-;/m0./s1. The van der Waals surface area contributed by atoms with Crippen LogP contribution in [0.2, 0.25) is 0 Å². The van der Waals surface area contributed by atoms with E-state index in [2.05, 4.69) is 4.90 Å². The number of rotatable bonds is 1. The molecule has 2 fully saturated rings. The molecule has 0 unspecified atom stereocenters. The van der Waals surface area contributed by atoms with Gasteiger partial charge in [-0.05, 0) is 38.8 Å². The molecule has 18 heavy (non-hydrogen) atoms. The zero-order chi connectivity index (χ0) is 12.6. The average Bonchev–Trinajstić information content (AvgIpc) is 2.96. The van der Waals surface area contributed by atoms with Crippen LogP contribution < -0.4 is 0 Å². The molecule has 1 aromatic carbocycles. The molecule has 0 aromatic heterocycles. The van der Waals surface area contributed by atoms with E-state index in [0.29, 0.717) is 11.8 Å². The Morgan fingerprint density at radius 3 is 1.89 bits per heavy atom. The normalized spacial score (nSPS) is 24.4. The van der Waals surface area contributed by atoms with Crippen molar-refractivity contribution in [1.29, 1.82) is 0 Å². The molecule has 0 N–H and O–H groups in total. The van der Waals surface area contributed by atoms with Gasteiger partial charge in [0.05, 0.1) is 6.04 Å². The van der Waals surface area contributed by atoms with E-state index in [4.69, 9.17) is 0 Å². The van der Waals surface area contributed by atoms with E-state index >= 15 is 0 Å². The molecule has 1 aromatic rings. The van der Waals surface area contributed by atoms with Crippen LogP contribution >= 0.6 is 0 Å². The van der Waals surface area contributed by atoms with E-state index < -0.39 is 0 Å². The third kappa shape index (κ3) is 3.95. The summed E-state index contributed by atoms with van der Waals surface area (Å²) >= 11 is 0. The predicted molar refractivity (Wildman–Crippen MR) is 74.5 cm³/mol. The Labute approximate surface area is 110 Å². The molecule has 2 nitrogen and oxygen atoms in total. The minimum atomic E-state index is 0.307. The highest BCUT2D eigenvalue weighted by atomic mass is 16.1. The summed E-state index contributed by atoms with van der Waals surface area (Å²) < 4.78 is 0. The van der Waals surface area contributed by atoms with Gasteiger partial charge in [0, 0.05) is 6.42 Å². The Morgan fingerprint density at radius 1 is 0.833 bits per heavy atom. The van der Waals surface area contributed by atoms with E-state index in [1.165, 1.54) is 19.3 Å². The average molecular weight is 245 g/mol. The zero-order valence-electron chi connectivity index (χ0n) is 11.1. The van der Waals surface area contributed by atoms with E-state index in [9.17, 15) is 4.79 Å². The third-order valence-electron chi connectivity index (χ3n) is 3.77. The topological polar surface area (TPSA) is 20.3 Å². The molecule has 3 rings (SSSR count). The lowest BCUT2D eigenvalue weighted by Gasteiger charge is -2.29. The van der Waals surface area contributed by atoms with Gasteiger partial charge in [-0.2, -0.15) is 0 Å². The molecule has 1 heterocycles. The van der Waals surface area contributed by atoms with Crippen molar-refractivity contribution in [3.8, 4) is 0 Å². The summed E-state index contributed by atoms with van der Waals surface area (Å²) in [5.74, 6) is 0.503. The van der Waals surface area contributed by atoms with Crippen molar-refractivity contribution in [3.05, 3.63) is 36.4 Å². The van der Waals surface area contributed by atoms with Crippen LogP contribution in [0.4, 0.5) is 0 Å². The Balaban J connectivity index is 0.000000169. The van der Waals surface area contributed by atoms with Crippen LogP contribution in [0.15, 0.2) is 36.4 Å². The highest BCUT2D eigenvalue weighted by Gasteiger charge is 2.29. The first-order valence-electron chi connectivity index (χ1n) is 7.15. The second-order valence-corrected chi connectivity index (χ2v) is 5.13. The number of Topliss-reactive ketones (excluding diaryl/α,β-unsaturated/α-hetero) is 1. The Hall–Kier alpha value is -1.15. The molecule has 0 spiro atoms. The van der Waals surface area contributed by atoms with Gasteiger partial charge in [0.1, 0.15) is 5.78 Å². The Kier molecular flexibility index (Phi) is 5.40. The van der Waals surface area contributed by atoms with Crippen LogP contribution in [0.1, 0.15) is 38.5 Å². The largest absolute Gasteiger partial charge is 0.298 e. The van der Waals surface area contributed by atoms with Crippen molar-refractivity contribution in [2.24, 2.45) is 0 Å². The Bertz CT molecular complexity index is 317. The lowest BCUT2D eigenvalue weighted by molar-refractivity contribution is -0.125. The van der Waals surface area contributed by atoms with Gasteiger partial charge in [0.15, 0.2) is 0 Å². The molecule has 1 aliphatic carbocycles. The fourth-order valence-corrected chi connectivity index (χ4v) is 2.79. The summed E-state index contributed by atoms with van der Waals surface area (Å²) in [4.78, 5) is 13.9. The Morgan fingerprint density at radius 2 is 1.39 bits per heavy atom. The highest BCUT2D eigenvalue weighted by Crippen LogP contribution is 2.22. The third-order valence-corrected chi connectivity index (χ3v) is 3.77. The van der Waals surface area contributed by atoms with Gasteiger partial charge in [-0.3, -0.25) is 9.69 Å². The fraction of sp³-hybridized carbons (Fsp3) is 0.562. The highest BCUT2D eigenvalue weighted by molar-refractivity contribution is 5.84. The van der Waals surface area contributed by atoms with Crippen molar-refractivity contribution >= 4 is 5.78 Å². The maximum atomic E-state index is 11.5. The number of nitrogens with zero attached hydrogens (tertiary/aromatic N) is 1. The van der Waals surface area contributed by atoms with E-state index in [0.717, 1.165) is 32.4 Å². The first-order valence-corrected chi connectivity index (χ1v) is 7.15. The molecule has 0 bridgehead atoms. The number of carbonyl (C=O) groups is 1. The number of benzene rings is 1. The van der Waals surface area contributed by atoms with Crippen LogP contribution in [0.5, 0.6) is 0 Å². The number of likely N-dealkylation sites (tertiary alicyclic amines) is 1. The van der Waals surface area contributed by atoms with Gasteiger partial charge in [-0.1, -0.05) is 42.8 Å². The van der Waals surface area contributed by atoms with E-state index in [1.54, 1.807) is 0 Å². The van der Waals surface area contributed by atoms with Crippen molar-refractivity contribution in [3.63, 3.8) is 0 Å². The quantitative estimate of drug-likeness (QED) is 0.756. The molecular formula is C16H23NO. The summed E-state index contributed by atoms with van der Waals surface area (Å²) in [5, 5.41) is 0. The van der Waals surface area contributed by atoms with Gasteiger partial charge in [0.2, 0.25) is 0 Å². The van der Waals surface area contributed by atoms with E-state index in [-0.39, 0.29) is 0 Å². The molecule has 1 atom stereocenters. The number of ketones is 1. The lowest BCUT2D eigenvalue weighted by Crippen LogP contribution is -2.41. The van der Waals surface area contributed by atoms with Crippen molar-refractivity contribution in [2.75, 3.05) is 13.1 Å². The van der Waals surface area contributed by atoms with Gasteiger partial charge in [-0.15, -0.1) is 0 Å². The monoisotopic (exact) mass is 245 g/mol. The summed E-state index contributed by atoms with van der Waals surface area (Å²) in [6.45, 7) is 2.33. The first-order chi connectivity index (χ1) is 8.88. The fourth-order valence-electron chi connectivity index (χ4n) is 2.79. The molecule has 2 heteroatoms. The number of carbonyl (C=O) groups excluding carboxylic acids is 1. The molecule has 0 radical (unpaired) electrons. The number of hydrogen-bond acceptors (Lipinski definition) is 2. The minimum absolute atomic E-state index is 0.307. The summed E-state index contributed by atoms with van der Waals surface area (Å²) in [6.07, 6.45) is 6.93. The minimum Gasteiger partial charge on any atom is -0.298 e. The molecular weight excluding hydrogens is 222 g/mol. The van der Waals surface area contributed by atoms with Gasteiger partial charge < -0.3 is 0 Å². The van der Waals surface area contributed by atoms with E-state index in [1.807, 2.05) is 36.4 Å². The van der Waals surface area contributed by atoms with Crippen molar-refractivity contribution < 1.29 is 4.79 Å².